The van der Waals surface area contributed by atoms with Crippen molar-refractivity contribution in [2.75, 3.05) is 7.11 Å². The fraction of sp³-hybridized carbons (Fsp3) is 0.105. The van der Waals surface area contributed by atoms with Crippen LogP contribution in [0.2, 0.25) is 0 Å². The van der Waals surface area contributed by atoms with Crippen molar-refractivity contribution in [3.8, 4) is 5.75 Å². The second-order valence-corrected chi connectivity index (χ2v) is 5.84. The Morgan fingerprint density at radius 1 is 1.24 bits per heavy atom. The number of alkyl halides is 3. The summed E-state index contributed by atoms with van der Waals surface area (Å²) in [6, 6.07) is 7.05. The number of fused-ring (bicyclic) bond motifs is 1. The minimum absolute atomic E-state index is 0.0494. The monoisotopic (exact) mass is 407 g/mol. The van der Waals surface area contributed by atoms with Gasteiger partial charge in [-0.3, -0.25) is 9.59 Å². The number of nitrogens with zero attached hydrogens (tertiary/aromatic N) is 1. The number of H-pyrrole nitrogens is 1. The molecule has 0 aliphatic heterocycles. The zero-order valence-electron chi connectivity index (χ0n) is 14.8. The zero-order valence-corrected chi connectivity index (χ0v) is 14.8. The number of hydrogen-bond acceptors (Lipinski definition) is 4. The van der Waals surface area contributed by atoms with Crippen LogP contribution in [0.1, 0.15) is 21.5 Å². The Labute approximate surface area is 160 Å². The molecule has 150 valence electrons. The number of aromatic nitrogens is 1. The predicted molar refractivity (Wildman–Crippen MR) is 97.6 cm³/mol. The Bertz CT molecular complexity index is 1170. The van der Waals surface area contributed by atoms with Gasteiger partial charge in [-0.25, -0.2) is 9.82 Å². The van der Waals surface area contributed by atoms with E-state index in [4.69, 9.17) is 4.74 Å². The van der Waals surface area contributed by atoms with E-state index in [1.165, 1.54) is 25.3 Å². The van der Waals surface area contributed by atoms with E-state index in [0.717, 1.165) is 30.6 Å². The Hall–Kier alpha value is -3.69. The summed E-state index contributed by atoms with van der Waals surface area (Å²) in [5.41, 5.74) is -0.689. The number of hydrazone groups is 1. The molecule has 10 heteroatoms. The minimum Gasteiger partial charge on any atom is -0.497 e. The maximum atomic E-state index is 13.8. The molecule has 0 atom stereocenters. The lowest BCUT2D eigenvalue weighted by Crippen LogP contribution is -2.25. The molecule has 29 heavy (non-hydrogen) atoms. The molecule has 2 N–H and O–H groups in total. The van der Waals surface area contributed by atoms with E-state index in [1.807, 2.05) is 5.43 Å². The van der Waals surface area contributed by atoms with Gasteiger partial charge in [0, 0.05) is 23.2 Å². The molecule has 1 amide bonds. The van der Waals surface area contributed by atoms with Crippen molar-refractivity contribution in [2.45, 2.75) is 6.18 Å². The highest BCUT2D eigenvalue weighted by Gasteiger charge is 2.33. The van der Waals surface area contributed by atoms with E-state index in [9.17, 15) is 27.2 Å². The van der Waals surface area contributed by atoms with Crippen molar-refractivity contribution in [3.05, 3.63) is 75.3 Å². The van der Waals surface area contributed by atoms with Crippen molar-refractivity contribution < 1.29 is 27.1 Å². The van der Waals surface area contributed by atoms with Crippen LogP contribution in [0.15, 0.2) is 52.5 Å². The maximum Gasteiger partial charge on any atom is 0.418 e. The van der Waals surface area contributed by atoms with Crippen LogP contribution >= 0.6 is 0 Å². The zero-order chi connectivity index (χ0) is 21.2. The van der Waals surface area contributed by atoms with E-state index in [0.29, 0.717) is 5.75 Å². The number of pyridine rings is 1. The summed E-state index contributed by atoms with van der Waals surface area (Å²) < 4.78 is 57.9. The number of para-hydroxylation sites is 1. The first-order chi connectivity index (χ1) is 13.7. The van der Waals surface area contributed by atoms with Crippen molar-refractivity contribution in [2.24, 2.45) is 5.10 Å². The van der Waals surface area contributed by atoms with E-state index in [2.05, 4.69) is 10.1 Å². The lowest BCUT2D eigenvalue weighted by atomic mass is 10.1. The van der Waals surface area contributed by atoms with Crippen LogP contribution in [-0.2, 0) is 6.18 Å². The third kappa shape index (κ3) is 4.10. The van der Waals surface area contributed by atoms with Crippen molar-refractivity contribution in [3.63, 3.8) is 0 Å². The molecule has 1 heterocycles. The summed E-state index contributed by atoms with van der Waals surface area (Å²) in [6.07, 6.45) is -2.78. The molecule has 3 rings (SSSR count). The molecule has 0 aliphatic carbocycles. The molecule has 0 saturated heterocycles. The molecule has 1 aromatic heterocycles. The summed E-state index contributed by atoms with van der Waals surface area (Å²) in [6.45, 7) is 0. The van der Waals surface area contributed by atoms with Crippen LogP contribution in [0, 0.1) is 5.82 Å². The molecule has 0 unspecified atom stereocenters. The highest BCUT2D eigenvalue weighted by atomic mass is 19.4. The van der Waals surface area contributed by atoms with E-state index >= 15 is 0 Å². The van der Waals surface area contributed by atoms with Crippen LogP contribution in [0.3, 0.4) is 0 Å². The SMILES string of the molecule is COc1ccc(/C=N/NC(=O)c2c[nH]c3c(C(F)(F)F)cccc3c2=O)c(F)c1. The smallest absolute Gasteiger partial charge is 0.418 e. The Morgan fingerprint density at radius 2 is 2.00 bits per heavy atom. The van der Waals surface area contributed by atoms with Gasteiger partial charge in [0.05, 0.1) is 24.4 Å². The Balaban J connectivity index is 1.86. The number of hydrogen-bond donors (Lipinski definition) is 2. The lowest BCUT2D eigenvalue weighted by molar-refractivity contribution is -0.136. The number of carbonyl (C=O) groups is 1. The predicted octanol–water partition coefficient (Wildman–Crippen LogP) is 3.46. The Kier molecular flexibility index (Phi) is 5.35. The quantitative estimate of drug-likeness (QED) is 0.395. The lowest BCUT2D eigenvalue weighted by Gasteiger charge is -2.10. The van der Waals surface area contributed by atoms with Gasteiger partial charge in [-0.15, -0.1) is 0 Å². The van der Waals surface area contributed by atoms with Crippen LogP contribution in [-0.4, -0.2) is 24.2 Å². The van der Waals surface area contributed by atoms with Gasteiger partial charge < -0.3 is 9.72 Å². The summed E-state index contributed by atoms with van der Waals surface area (Å²) in [4.78, 5) is 27.0. The largest absolute Gasteiger partial charge is 0.497 e. The van der Waals surface area contributed by atoms with Crippen LogP contribution in [0.25, 0.3) is 10.9 Å². The molecule has 0 aliphatic rings. The topological polar surface area (TPSA) is 83.5 Å². The Morgan fingerprint density at radius 3 is 2.66 bits per heavy atom. The molecule has 0 saturated carbocycles. The van der Waals surface area contributed by atoms with E-state index in [1.54, 1.807) is 0 Å². The third-order valence-corrected chi connectivity index (χ3v) is 4.04. The van der Waals surface area contributed by atoms with Crippen molar-refractivity contribution in [1.29, 1.82) is 0 Å². The number of ether oxygens (including phenoxy) is 1. The highest BCUT2D eigenvalue weighted by Crippen LogP contribution is 2.32. The van der Waals surface area contributed by atoms with Gasteiger partial charge in [-0.1, -0.05) is 6.07 Å². The normalized spacial score (nSPS) is 11.8. The molecule has 0 radical (unpaired) electrons. The van der Waals surface area contributed by atoms with Gasteiger partial charge in [0.2, 0.25) is 5.43 Å². The molecule has 0 spiro atoms. The number of nitrogens with one attached hydrogen (secondary N) is 2. The first-order valence-corrected chi connectivity index (χ1v) is 8.11. The second-order valence-electron chi connectivity index (χ2n) is 5.84. The number of benzene rings is 2. The van der Waals surface area contributed by atoms with Crippen LogP contribution in [0.5, 0.6) is 5.75 Å². The average Bonchev–Trinajstić information content (AvgIpc) is 2.68. The van der Waals surface area contributed by atoms with Gasteiger partial charge in [0.25, 0.3) is 5.91 Å². The number of carbonyl (C=O) groups excluding carboxylic acids is 1. The molecule has 6 nitrogen and oxygen atoms in total. The standard InChI is InChI=1S/C19H13F4N3O3/c1-29-11-6-5-10(15(20)7-11)8-25-26-18(28)13-9-24-16-12(17(13)27)3-2-4-14(16)19(21,22)23/h2-9H,1H3,(H,24,27)(H,26,28)/b25-8+. The summed E-state index contributed by atoms with van der Waals surface area (Å²) >= 11 is 0. The van der Waals surface area contributed by atoms with Crippen LogP contribution < -0.4 is 15.6 Å². The maximum absolute atomic E-state index is 13.8. The van der Waals surface area contributed by atoms with E-state index in [-0.39, 0.29) is 10.9 Å². The fourth-order valence-corrected chi connectivity index (χ4v) is 2.62. The minimum atomic E-state index is -4.67. The number of methoxy groups -OCH3 is 1. The number of rotatable bonds is 4. The summed E-state index contributed by atoms with van der Waals surface area (Å²) in [5, 5.41) is 3.28. The highest BCUT2D eigenvalue weighted by molar-refractivity contribution is 5.98. The molecule has 3 aromatic rings. The number of amides is 1. The molecule has 2 aromatic carbocycles. The molecular formula is C19H13F4N3O3. The second kappa shape index (κ2) is 7.74. The fourth-order valence-electron chi connectivity index (χ4n) is 2.62. The van der Waals surface area contributed by atoms with Crippen molar-refractivity contribution >= 4 is 23.0 Å². The van der Waals surface area contributed by atoms with Crippen molar-refractivity contribution in [1.82, 2.24) is 10.4 Å². The average molecular weight is 407 g/mol. The number of aromatic amines is 1. The van der Waals surface area contributed by atoms with Gasteiger partial charge >= 0.3 is 6.18 Å². The van der Waals surface area contributed by atoms with Gasteiger partial charge in [0.15, 0.2) is 0 Å². The van der Waals surface area contributed by atoms with Gasteiger partial charge in [-0.2, -0.15) is 18.3 Å². The molecule has 0 fully saturated rings. The van der Waals surface area contributed by atoms with Gasteiger partial charge in [-0.05, 0) is 24.3 Å². The number of halogens is 4. The summed E-state index contributed by atoms with van der Waals surface area (Å²) in [7, 11) is 1.38. The molecular weight excluding hydrogens is 394 g/mol. The first-order valence-electron chi connectivity index (χ1n) is 8.11. The summed E-state index contributed by atoms with van der Waals surface area (Å²) in [5.74, 6) is -1.31. The first kappa shape index (κ1) is 20.1. The van der Waals surface area contributed by atoms with E-state index < -0.39 is 40.0 Å². The van der Waals surface area contributed by atoms with Crippen LogP contribution in [0.4, 0.5) is 17.6 Å². The van der Waals surface area contributed by atoms with Gasteiger partial charge in [0.1, 0.15) is 17.1 Å². The third-order valence-electron chi connectivity index (χ3n) is 4.04. The molecule has 0 bridgehead atoms.